The molecule has 0 radical (unpaired) electrons. The monoisotopic (exact) mass is 577 g/mol. The average molecular weight is 579 g/mol. The zero-order chi connectivity index (χ0) is 27.4. The van der Waals surface area contributed by atoms with Gasteiger partial charge < -0.3 is 14.2 Å². The lowest BCUT2D eigenvalue weighted by molar-refractivity contribution is 0.310. The summed E-state index contributed by atoms with van der Waals surface area (Å²) in [7, 11) is 1.59. The smallest absolute Gasteiger partial charge is 0.282 e. The van der Waals surface area contributed by atoms with Crippen LogP contribution in [0.25, 0.3) is 22.3 Å². The Morgan fingerprint density at radius 2 is 1.79 bits per heavy atom. The van der Waals surface area contributed by atoms with Crippen molar-refractivity contribution < 1.29 is 14.2 Å². The third-order valence-corrected chi connectivity index (χ3v) is 6.60. The number of para-hydroxylation sites is 1. The molecule has 0 unspecified atom stereocenters. The highest BCUT2D eigenvalue weighted by Crippen LogP contribution is 2.36. The van der Waals surface area contributed by atoms with Gasteiger partial charge in [0, 0.05) is 15.6 Å². The molecule has 1 heterocycles. The number of rotatable bonds is 9. The quantitative estimate of drug-likeness (QED) is 0.201. The van der Waals surface area contributed by atoms with Crippen LogP contribution in [0.3, 0.4) is 0 Å². The van der Waals surface area contributed by atoms with E-state index in [2.05, 4.69) is 40.9 Å². The number of hydrogen-bond donors (Lipinski definition) is 0. The summed E-state index contributed by atoms with van der Waals surface area (Å²) < 4.78 is 19.5. The second kappa shape index (κ2) is 11.8. The van der Waals surface area contributed by atoms with Crippen LogP contribution in [-0.2, 0) is 0 Å². The van der Waals surface area contributed by atoms with E-state index in [1.807, 2.05) is 57.2 Å². The summed E-state index contributed by atoms with van der Waals surface area (Å²) in [5.74, 6) is 2.61. The molecule has 198 valence electrons. The Morgan fingerprint density at radius 1 is 1.05 bits per heavy atom. The van der Waals surface area contributed by atoms with Crippen molar-refractivity contribution in [3.8, 4) is 28.6 Å². The molecule has 0 bridgehead atoms. The molecule has 4 aromatic rings. The van der Waals surface area contributed by atoms with Crippen LogP contribution in [0, 0.1) is 6.92 Å². The Hall–Kier alpha value is -3.65. The summed E-state index contributed by atoms with van der Waals surface area (Å²) in [5, 5.41) is 5.15. The Balaban J connectivity index is 1.99. The zero-order valence-electron chi connectivity index (χ0n) is 22.5. The van der Waals surface area contributed by atoms with Crippen molar-refractivity contribution in [2.24, 2.45) is 5.10 Å². The molecule has 0 aliphatic heterocycles. The Morgan fingerprint density at radius 3 is 2.47 bits per heavy atom. The highest BCUT2D eigenvalue weighted by atomic mass is 79.9. The average Bonchev–Trinajstić information content (AvgIpc) is 2.89. The van der Waals surface area contributed by atoms with E-state index < -0.39 is 0 Å². The molecule has 0 aliphatic carbocycles. The zero-order valence-corrected chi connectivity index (χ0v) is 24.1. The second-order valence-corrected chi connectivity index (χ2v) is 9.98. The largest absolute Gasteiger partial charge is 0.494 e. The van der Waals surface area contributed by atoms with Crippen molar-refractivity contribution in [2.75, 3.05) is 20.3 Å². The summed E-state index contributed by atoms with van der Waals surface area (Å²) >= 11 is 3.52. The van der Waals surface area contributed by atoms with Crippen LogP contribution in [0.15, 0.2) is 62.9 Å². The van der Waals surface area contributed by atoms with Gasteiger partial charge in [-0.3, -0.25) is 4.79 Å². The normalized spacial score (nSPS) is 11.5. The SMILES string of the molecule is CCOc1cc(C)c(-c2nc3ccccc3c(=O)n2N=Cc2cc(Br)cc(OC)c2OCC)cc1C(C)C. The summed E-state index contributed by atoms with van der Waals surface area (Å²) in [4.78, 5) is 18.7. The predicted molar refractivity (Wildman–Crippen MR) is 156 cm³/mol. The van der Waals surface area contributed by atoms with Gasteiger partial charge in [-0.25, -0.2) is 4.98 Å². The maximum Gasteiger partial charge on any atom is 0.282 e. The Bertz CT molecular complexity index is 1560. The van der Waals surface area contributed by atoms with E-state index in [4.69, 9.17) is 19.2 Å². The minimum absolute atomic E-state index is 0.211. The van der Waals surface area contributed by atoms with Crippen LogP contribution in [0.5, 0.6) is 17.2 Å². The van der Waals surface area contributed by atoms with E-state index in [1.54, 1.807) is 19.4 Å². The van der Waals surface area contributed by atoms with Crippen LogP contribution in [-0.4, -0.2) is 36.2 Å². The third kappa shape index (κ3) is 5.45. The standard InChI is InChI=1S/C30H32BrN3O4/c1-7-37-26-13-19(5)24(16-23(26)18(3)4)29-33-25-12-10-9-11-22(25)30(35)34(29)32-17-20-14-21(31)15-27(36-6)28(20)38-8-2/h9-18H,7-8H2,1-6H3. The minimum atomic E-state index is -0.263. The van der Waals surface area contributed by atoms with Gasteiger partial charge in [-0.2, -0.15) is 9.78 Å². The van der Waals surface area contributed by atoms with Gasteiger partial charge in [-0.05, 0) is 74.2 Å². The lowest BCUT2D eigenvalue weighted by atomic mass is 9.96. The number of methoxy groups -OCH3 is 1. The molecule has 0 fully saturated rings. The first-order chi connectivity index (χ1) is 18.3. The summed E-state index contributed by atoms with van der Waals surface area (Å²) in [5.41, 5.74) is 3.80. The van der Waals surface area contributed by atoms with E-state index in [1.165, 1.54) is 4.68 Å². The minimum Gasteiger partial charge on any atom is -0.494 e. The van der Waals surface area contributed by atoms with Gasteiger partial charge in [0.05, 0.1) is 37.4 Å². The van der Waals surface area contributed by atoms with E-state index in [0.717, 1.165) is 26.9 Å². The van der Waals surface area contributed by atoms with Crippen molar-refractivity contribution in [2.45, 2.75) is 40.5 Å². The Labute approximate surface area is 231 Å². The number of ether oxygens (including phenoxy) is 3. The fourth-order valence-corrected chi connectivity index (χ4v) is 4.79. The van der Waals surface area contributed by atoms with E-state index in [-0.39, 0.29) is 11.5 Å². The third-order valence-electron chi connectivity index (χ3n) is 6.14. The van der Waals surface area contributed by atoms with Crippen molar-refractivity contribution in [3.63, 3.8) is 0 Å². The van der Waals surface area contributed by atoms with Gasteiger partial charge in [0.2, 0.25) is 0 Å². The first kappa shape index (κ1) is 27.4. The van der Waals surface area contributed by atoms with E-state index in [0.29, 0.717) is 47.0 Å². The topological polar surface area (TPSA) is 74.9 Å². The van der Waals surface area contributed by atoms with E-state index >= 15 is 0 Å². The van der Waals surface area contributed by atoms with E-state index in [9.17, 15) is 4.79 Å². The second-order valence-electron chi connectivity index (χ2n) is 9.07. The maximum atomic E-state index is 13.8. The number of hydrogen-bond acceptors (Lipinski definition) is 6. The molecule has 0 atom stereocenters. The summed E-state index contributed by atoms with van der Waals surface area (Å²) in [6.07, 6.45) is 1.60. The van der Waals surface area contributed by atoms with Gasteiger partial charge in [0.25, 0.3) is 5.56 Å². The molecule has 3 aromatic carbocycles. The van der Waals surface area contributed by atoms with Crippen molar-refractivity contribution >= 4 is 33.0 Å². The lowest BCUT2D eigenvalue weighted by Crippen LogP contribution is -2.21. The van der Waals surface area contributed by atoms with Crippen LogP contribution >= 0.6 is 15.9 Å². The molecule has 0 spiro atoms. The molecule has 8 heteroatoms. The lowest BCUT2D eigenvalue weighted by Gasteiger charge is -2.18. The van der Waals surface area contributed by atoms with Gasteiger partial charge >= 0.3 is 0 Å². The molecule has 1 aromatic heterocycles. The Kier molecular flexibility index (Phi) is 8.52. The number of aryl methyl sites for hydroxylation is 1. The number of aromatic nitrogens is 2. The van der Waals surface area contributed by atoms with Gasteiger partial charge in [-0.1, -0.05) is 41.9 Å². The molecule has 0 aliphatic rings. The van der Waals surface area contributed by atoms with Crippen LogP contribution in [0.2, 0.25) is 0 Å². The molecular weight excluding hydrogens is 546 g/mol. The molecular formula is C30H32BrN3O4. The van der Waals surface area contributed by atoms with Gasteiger partial charge in [0.15, 0.2) is 17.3 Å². The highest BCUT2D eigenvalue weighted by Gasteiger charge is 2.19. The molecule has 0 N–H and O–H groups in total. The predicted octanol–water partition coefficient (Wildman–Crippen LogP) is 6.95. The molecule has 0 saturated carbocycles. The first-order valence-electron chi connectivity index (χ1n) is 12.6. The number of fused-ring (bicyclic) bond motifs is 1. The van der Waals surface area contributed by atoms with Gasteiger partial charge in [0.1, 0.15) is 5.75 Å². The van der Waals surface area contributed by atoms with Crippen LogP contribution in [0.4, 0.5) is 0 Å². The van der Waals surface area contributed by atoms with Crippen molar-refractivity contribution in [1.82, 2.24) is 9.66 Å². The summed E-state index contributed by atoms with van der Waals surface area (Å²) in [6, 6.07) is 15.1. The first-order valence-corrected chi connectivity index (χ1v) is 13.4. The fraction of sp³-hybridized carbons (Fsp3) is 0.300. The molecule has 4 rings (SSSR count). The number of halogens is 1. The fourth-order valence-electron chi connectivity index (χ4n) is 4.33. The molecule has 0 saturated heterocycles. The number of benzene rings is 3. The number of nitrogens with zero attached hydrogens (tertiary/aromatic N) is 3. The van der Waals surface area contributed by atoms with Gasteiger partial charge in [-0.15, -0.1) is 0 Å². The van der Waals surface area contributed by atoms with Crippen LogP contribution in [0.1, 0.15) is 50.3 Å². The molecule has 38 heavy (non-hydrogen) atoms. The van der Waals surface area contributed by atoms with Crippen LogP contribution < -0.4 is 19.8 Å². The molecule has 7 nitrogen and oxygen atoms in total. The van der Waals surface area contributed by atoms with Crippen molar-refractivity contribution in [3.05, 3.63) is 80.0 Å². The maximum absolute atomic E-state index is 13.8. The molecule has 0 amide bonds. The summed E-state index contributed by atoms with van der Waals surface area (Å²) in [6.45, 7) is 11.1. The van der Waals surface area contributed by atoms with Crippen molar-refractivity contribution in [1.29, 1.82) is 0 Å². The highest BCUT2D eigenvalue weighted by molar-refractivity contribution is 9.10.